The van der Waals surface area contributed by atoms with E-state index in [9.17, 15) is 0 Å². The van der Waals surface area contributed by atoms with Crippen LogP contribution in [0.4, 0.5) is 11.5 Å². The molecule has 20 heavy (non-hydrogen) atoms. The fraction of sp³-hybridized carbons (Fsp3) is 0.200. The Hall–Kier alpha value is -2.56. The maximum absolute atomic E-state index is 5.35. The molecule has 102 valence electrons. The molecule has 0 unspecified atom stereocenters. The first-order valence-corrected chi connectivity index (χ1v) is 6.52. The first-order chi connectivity index (χ1) is 9.88. The molecule has 0 fully saturated rings. The molecular formula is C15H16N4O. The lowest BCUT2D eigenvalue weighted by Gasteiger charge is -2.13. The topological polar surface area (TPSA) is 58.5 Å². The minimum absolute atomic E-state index is 0.769. The SMILES string of the molecule is COc1ccccc1Nc1ncccc1C1=NCCN1. The molecule has 0 saturated carbocycles. The predicted octanol–water partition coefficient (Wildman–Crippen LogP) is 2.18. The summed E-state index contributed by atoms with van der Waals surface area (Å²) in [6, 6.07) is 11.7. The third-order valence-electron chi connectivity index (χ3n) is 3.10. The van der Waals surface area contributed by atoms with Crippen molar-refractivity contribution in [2.75, 3.05) is 25.5 Å². The normalized spacial score (nSPS) is 13.6. The molecule has 1 aliphatic rings. The minimum atomic E-state index is 0.769. The lowest BCUT2D eigenvalue weighted by atomic mass is 10.2. The maximum Gasteiger partial charge on any atom is 0.142 e. The second kappa shape index (κ2) is 5.61. The van der Waals surface area contributed by atoms with E-state index < -0.39 is 0 Å². The molecule has 0 spiro atoms. The molecule has 2 heterocycles. The predicted molar refractivity (Wildman–Crippen MR) is 79.9 cm³/mol. The van der Waals surface area contributed by atoms with Crippen molar-refractivity contribution in [2.45, 2.75) is 0 Å². The quantitative estimate of drug-likeness (QED) is 0.892. The van der Waals surface area contributed by atoms with Crippen molar-refractivity contribution in [3.8, 4) is 5.75 Å². The number of benzene rings is 1. The molecule has 0 radical (unpaired) electrons. The van der Waals surface area contributed by atoms with Crippen LogP contribution in [0, 0.1) is 0 Å². The molecule has 1 aromatic carbocycles. The van der Waals surface area contributed by atoms with Gasteiger partial charge in [0.25, 0.3) is 0 Å². The summed E-state index contributed by atoms with van der Waals surface area (Å²) in [5.41, 5.74) is 1.85. The van der Waals surface area contributed by atoms with Gasteiger partial charge in [-0.15, -0.1) is 0 Å². The lowest BCUT2D eigenvalue weighted by molar-refractivity contribution is 0.417. The van der Waals surface area contributed by atoms with E-state index in [1.807, 2.05) is 36.4 Å². The molecule has 3 rings (SSSR count). The zero-order valence-electron chi connectivity index (χ0n) is 11.3. The lowest BCUT2D eigenvalue weighted by Crippen LogP contribution is -2.20. The van der Waals surface area contributed by atoms with Crippen LogP contribution in [-0.4, -0.2) is 31.0 Å². The Labute approximate surface area is 117 Å². The molecule has 1 aliphatic heterocycles. The van der Waals surface area contributed by atoms with E-state index in [-0.39, 0.29) is 0 Å². The number of hydrogen-bond donors (Lipinski definition) is 2. The fourth-order valence-electron chi connectivity index (χ4n) is 2.15. The number of methoxy groups -OCH3 is 1. The van der Waals surface area contributed by atoms with Crippen LogP contribution in [0.3, 0.4) is 0 Å². The van der Waals surface area contributed by atoms with E-state index in [1.54, 1.807) is 13.3 Å². The number of nitrogens with one attached hydrogen (secondary N) is 2. The van der Waals surface area contributed by atoms with Crippen LogP contribution in [0.2, 0.25) is 0 Å². The van der Waals surface area contributed by atoms with Crippen LogP contribution in [0.15, 0.2) is 47.6 Å². The average Bonchev–Trinajstić information content (AvgIpc) is 3.02. The van der Waals surface area contributed by atoms with Crippen LogP contribution >= 0.6 is 0 Å². The molecule has 5 nitrogen and oxygen atoms in total. The molecule has 1 aromatic heterocycles. The van der Waals surface area contributed by atoms with Crippen molar-refractivity contribution >= 4 is 17.3 Å². The molecule has 0 atom stereocenters. The molecule has 0 amide bonds. The number of rotatable bonds is 4. The minimum Gasteiger partial charge on any atom is -0.495 e. The van der Waals surface area contributed by atoms with Gasteiger partial charge in [-0.25, -0.2) is 4.98 Å². The largest absolute Gasteiger partial charge is 0.495 e. The fourth-order valence-corrected chi connectivity index (χ4v) is 2.15. The second-order valence-corrected chi connectivity index (χ2v) is 4.38. The van der Waals surface area contributed by atoms with Crippen LogP contribution in [0.5, 0.6) is 5.75 Å². The van der Waals surface area contributed by atoms with Crippen molar-refractivity contribution in [3.63, 3.8) is 0 Å². The van der Waals surface area contributed by atoms with Crippen molar-refractivity contribution in [1.29, 1.82) is 0 Å². The Balaban J connectivity index is 1.95. The van der Waals surface area contributed by atoms with Gasteiger partial charge in [-0.2, -0.15) is 0 Å². The van der Waals surface area contributed by atoms with E-state index in [0.29, 0.717) is 0 Å². The number of anilines is 2. The van der Waals surface area contributed by atoms with Crippen LogP contribution in [0.1, 0.15) is 5.56 Å². The van der Waals surface area contributed by atoms with E-state index in [4.69, 9.17) is 4.74 Å². The van der Waals surface area contributed by atoms with Crippen molar-refractivity contribution in [3.05, 3.63) is 48.2 Å². The van der Waals surface area contributed by atoms with Gasteiger partial charge in [-0.3, -0.25) is 4.99 Å². The summed E-state index contributed by atoms with van der Waals surface area (Å²) in [6.45, 7) is 1.68. The summed E-state index contributed by atoms with van der Waals surface area (Å²) in [6.07, 6.45) is 1.76. The van der Waals surface area contributed by atoms with Gasteiger partial charge in [-0.05, 0) is 24.3 Å². The Bertz CT molecular complexity index is 639. The second-order valence-electron chi connectivity index (χ2n) is 4.38. The average molecular weight is 268 g/mol. The van der Waals surface area contributed by atoms with E-state index >= 15 is 0 Å². The highest BCUT2D eigenvalue weighted by Gasteiger charge is 2.14. The molecule has 5 heteroatoms. The number of nitrogens with zero attached hydrogens (tertiary/aromatic N) is 2. The Morgan fingerprint density at radius 1 is 1.20 bits per heavy atom. The smallest absolute Gasteiger partial charge is 0.142 e. The van der Waals surface area contributed by atoms with Crippen LogP contribution in [-0.2, 0) is 0 Å². The molecule has 0 saturated heterocycles. The van der Waals surface area contributed by atoms with Crippen molar-refractivity contribution in [2.24, 2.45) is 4.99 Å². The van der Waals surface area contributed by atoms with E-state index in [0.717, 1.165) is 41.7 Å². The number of para-hydroxylation sites is 2. The van der Waals surface area contributed by atoms with Crippen molar-refractivity contribution in [1.82, 2.24) is 10.3 Å². The van der Waals surface area contributed by atoms with Crippen molar-refractivity contribution < 1.29 is 4.74 Å². The number of pyridine rings is 1. The van der Waals surface area contributed by atoms with E-state index in [1.165, 1.54) is 0 Å². The van der Waals surface area contributed by atoms with Gasteiger partial charge >= 0.3 is 0 Å². The number of hydrogen-bond acceptors (Lipinski definition) is 5. The summed E-state index contributed by atoms with van der Waals surface area (Å²) in [4.78, 5) is 8.85. The highest BCUT2D eigenvalue weighted by molar-refractivity contribution is 6.04. The molecular weight excluding hydrogens is 252 g/mol. The molecule has 2 aromatic rings. The highest BCUT2D eigenvalue weighted by atomic mass is 16.5. The Morgan fingerprint density at radius 3 is 2.90 bits per heavy atom. The number of aliphatic imine (C=N–C) groups is 1. The third kappa shape index (κ3) is 2.42. The summed E-state index contributed by atoms with van der Waals surface area (Å²) in [5.74, 6) is 2.44. The molecule has 0 bridgehead atoms. The third-order valence-corrected chi connectivity index (χ3v) is 3.10. The van der Waals surface area contributed by atoms with Gasteiger partial charge in [0.2, 0.25) is 0 Å². The number of aromatic nitrogens is 1. The summed E-state index contributed by atoms with van der Waals surface area (Å²) >= 11 is 0. The van der Waals surface area contributed by atoms with Gasteiger partial charge in [0, 0.05) is 12.7 Å². The number of amidine groups is 1. The first kappa shape index (κ1) is 12.5. The van der Waals surface area contributed by atoms with Gasteiger partial charge in [0.05, 0.1) is 24.9 Å². The zero-order chi connectivity index (χ0) is 13.8. The zero-order valence-corrected chi connectivity index (χ0v) is 11.3. The Morgan fingerprint density at radius 2 is 2.10 bits per heavy atom. The number of ether oxygens (including phenoxy) is 1. The van der Waals surface area contributed by atoms with Gasteiger partial charge < -0.3 is 15.4 Å². The summed E-state index contributed by atoms with van der Waals surface area (Å²) in [7, 11) is 1.66. The molecule has 2 N–H and O–H groups in total. The van der Waals surface area contributed by atoms with Gasteiger partial charge in [-0.1, -0.05) is 12.1 Å². The van der Waals surface area contributed by atoms with Crippen LogP contribution < -0.4 is 15.4 Å². The van der Waals surface area contributed by atoms with Crippen LogP contribution in [0.25, 0.3) is 0 Å². The standard InChI is InChI=1S/C15H16N4O/c1-20-13-7-3-2-6-12(13)19-15-11(5-4-8-16-15)14-17-9-10-18-14/h2-8H,9-10H2,1H3,(H,16,19)(H,17,18). The monoisotopic (exact) mass is 268 g/mol. The van der Waals surface area contributed by atoms with Gasteiger partial charge in [0.1, 0.15) is 17.4 Å². The maximum atomic E-state index is 5.35. The first-order valence-electron chi connectivity index (χ1n) is 6.52. The summed E-state index contributed by atoms with van der Waals surface area (Å²) < 4.78 is 5.35. The van der Waals surface area contributed by atoms with E-state index in [2.05, 4.69) is 20.6 Å². The summed E-state index contributed by atoms with van der Waals surface area (Å²) in [5, 5.41) is 6.58. The van der Waals surface area contributed by atoms with Gasteiger partial charge in [0.15, 0.2) is 0 Å². The molecule has 0 aliphatic carbocycles. The Kier molecular flexibility index (Phi) is 3.50. The highest BCUT2D eigenvalue weighted by Crippen LogP contribution is 2.27.